The van der Waals surface area contributed by atoms with Crippen molar-refractivity contribution in [3.63, 3.8) is 0 Å². The van der Waals surface area contributed by atoms with Gasteiger partial charge in [-0.2, -0.15) is 0 Å². The molecule has 4 N–H and O–H groups in total. The van der Waals surface area contributed by atoms with Crippen LogP contribution in [-0.4, -0.2) is 35.3 Å². The van der Waals surface area contributed by atoms with Crippen molar-refractivity contribution in [1.82, 2.24) is 0 Å². The monoisotopic (exact) mass is 253 g/mol. The number of benzene rings is 1. The molecule has 1 aromatic carbocycles. The third kappa shape index (κ3) is 3.28. The minimum absolute atomic E-state index is 0.0603. The van der Waals surface area contributed by atoms with Gasteiger partial charge in [-0.25, -0.2) is 0 Å². The Morgan fingerprint density at radius 1 is 1.33 bits per heavy atom. The van der Waals surface area contributed by atoms with Crippen LogP contribution in [0.25, 0.3) is 0 Å². The average molecular weight is 253 g/mol. The Labute approximate surface area is 104 Å². The van der Waals surface area contributed by atoms with Crippen molar-refractivity contribution in [3.05, 3.63) is 35.4 Å². The summed E-state index contributed by atoms with van der Waals surface area (Å²) in [5, 5.41) is 19.2. The van der Waals surface area contributed by atoms with Crippen LogP contribution >= 0.6 is 0 Å². The Morgan fingerprint density at radius 3 is 2.50 bits per heavy atom. The summed E-state index contributed by atoms with van der Waals surface area (Å²) in [6, 6.07) is 6.40. The van der Waals surface area contributed by atoms with Crippen molar-refractivity contribution in [2.24, 2.45) is 5.73 Å². The highest BCUT2D eigenvalue weighted by Gasteiger charge is 2.25. The Hall–Kier alpha value is -1.92. The van der Waals surface area contributed by atoms with Crippen LogP contribution in [0.4, 0.5) is 0 Å². The first kappa shape index (κ1) is 14.1. The number of amides is 1. The highest BCUT2D eigenvalue weighted by molar-refractivity contribution is 5.79. The predicted octanol–water partition coefficient (Wildman–Crippen LogP) is -0.718. The standard InChI is InChI=1S/C12H15NO5/c1-18-9(14)6-7-4-2-3-5-8(7)10(15)11(16)12(13)17/h2-5,10-11,15-16H,6H2,1H3,(H2,13,17). The normalized spacial score (nSPS) is 13.7. The van der Waals surface area contributed by atoms with E-state index in [1.165, 1.54) is 13.2 Å². The van der Waals surface area contributed by atoms with E-state index in [0.29, 0.717) is 5.56 Å². The van der Waals surface area contributed by atoms with Gasteiger partial charge in [-0.15, -0.1) is 0 Å². The summed E-state index contributed by atoms with van der Waals surface area (Å²) >= 11 is 0. The number of hydrogen-bond acceptors (Lipinski definition) is 5. The van der Waals surface area contributed by atoms with Gasteiger partial charge in [0.2, 0.25) is 5.91 Å². The van der Waals surface area contributed by atoms with Gasteiger partial charge in [-0.3, -0.25) is 9.59 Å². The zero-order valence-electron chi connectivity index (χ0n) is 9.87. The second-order valence-corrected chi connectivity index (χ2v) is 3.74. The van der Waals surface area contributed by atoms with E-state index >= 15 is 0 Å². The van der Waals surface area contributed by atoms with Gasteiger partial charge in [-0.1, -0.05) is 24.3 Å². The Morgan fingerprint density at radius 2 is 1.94 bits per heavy atom. The number of rotatable bonds is 5. The summed E-state index contributed by atoms with van der Waals surface area (Å²) in [5.74, 6) is -1.52. The van der Waals surface area contributed by atoms with Gasteiger partial charge in [0.1, 0.15) is 6.10 Å². The molecule has 0 spiro atoms. The lowest BCUT2D eigenvalue weighted by molar-refractivity contribution is -0.139. The highest BCUT2D eigenvalue weighted by Crippen LogP contribution is 2.21. The Kier molecular flexibility index (Phi) is 4.82. The molecule has 98 valence electrons. The van der Waals surface area contributed by atoms with Crippen LogP contribution in [0, 0.1) is 0 Å². The molecule has 2 atom stereocenters. The number of primary amides is 1. The first-order chi connectivity index (χ1) is 8.47. The zero-order valence-corrected chi connectivity index (χ0v) is 9.87. The summed E-state index contributed by atoms with van der Waals surface area (Å²) in [4.78, 5) is 22.0. The lowest BCUT2D eigenvalue weighted by Gasteiger charge is -2.18. The van der Waals surface area contributed by atoms with Crippen molar-refractivity contribution >= 4 is 11.9 Å². The maximum absolute atomic E-state index is 11.2. The summed E-state index contributed by atoms with van der Waals surface area (Å²) < 4.78 is 4.52. The largest absolute Gasteiger partial charge is 0.469 e. The van der Waals surface area contributed by atoms with Gasteiger partial charge < -0.3 is 20.7 Å². The lowest BCUT2D eigenvalue weighted by atomic mass is 9.96. The van der Waals surface area contributed by atoms with E-state index in [9.17, 15) is 19.8 Å². The SMILES string of the molecule is COC(=O)Cc1ccccc1C(O)C(O)C(N)=O. The molecule has 0 aliphatic rings. The van der Waals surface area contributed by atoms with Crippen LogP contribution in [0.1, 0.15) is 17.2 Å². The quantitative estimate of drug-likeness (QED) is 0.600. The van der Waals surface area contributed by atoms with Crippen molar-refractivity contribution in [1.29, 1.82) is 0 Å². The third-order valence-electron chi connectivity index (χ3n) is 2.53. The zero-order chi connectivity index (χ0) is 13.7. The van der Waals surface area contributed by atoms with E-state index in [4.69, 9.17) is 5.73 Å². The number of carbonyl (C=O) groups excluding carboxylic acids is 2. The van der Waals surface area contributed by atoms with Crippen LogP contribution in [0.2, 0.25) is 0 Å². The van der Waals surface area contributed by atoms with Crippen molar-refractivity contribution in [2.45, 2.75) is 18.6 Å². The van der Waals surface area contributed by atoms with Gasteiger partial charge in [0.05, 0.1) is 13.5 Å². The van der Waals surface area contributed by atoms with Crippen LogP contribution in [0.5, 0.6) is 0 Å². The first-order valence-electron chi connectivity index (χ1n) is 5.27. The van der Waals surface area contributed by atoms with Gasteiger partial charge in [0, 0.05) is 0 Å². The van der Waals surface area contributed by atoms with E-state index in [-0.39, 0.29) is 12.0 Å². The van der Waals surface area contributed by atoms with Gasteiger partial charge in [-0.05, 0) is 11.1 Å². The second kappa shape index (κ2) is 6.13. The van der Waals surface area contributed by atoms with E-state index in [2.05, 4.69) is 4.74 Å². The number of carbonyl (C=O) groups is 2. The van der Waals surface area contributed by atoms with Gasteiger partial charge in [0.25, 0.3) is 0 Å². The maximum Gasteiger partial charge on any atom is 0.309 e. The number of ether oxygens (including phenoxy) is 1. The fourth-order valence-corrected chi connectivity index (χ4v) is 1.54. The molecule has 18 heavy (non-hydrogen) atoms. The number of esters is 1. The Balaban J connectivity index is 3.01. The van der Waals surface area contributed by atoms with Crippen molar-refractivity contribution < 1.29 is 24.5 Å². The molecular weight excluding hydrogens is 238 g/mol. The molecule has 6 nitrogen and oxygen atoms in total. The van der Waals surface area contributed by atoms with E-state index in [1.54, 1.807) is 18.2 Å². The molecule has 0 fully saturated rings. The van der Waals surface area contributed by atoms with Crippen LogP contribution in [0.3, 0.4) is 0 Å². The summed E-state index contributed by atoms with van der Waals surface area (Å²) in [6.45, 7) is 0. The molecule has 0 radical (unpaired) electrons. The van der Waals surface area contributed by atoms with Gasteiger partial charge in [0.15, 0.2) is 6.10 Å². The molecule has 0 saturated carbocycles. The predicted molar refractivity (Wildman–Crippen MR) is 62.3 cm³/mol. The van der Waals surface area contributed by atoms with Crippen molar-refractivity contribution in [2.75, 3.05) is 7.11 Å². The molecule has 0 saturated heterocycles. The molecule has 6 heteroatoms. The molecule has 0 aliphatic carbocycles. The smallest absolute Gasteiger partial charge is 0.309 e. The first-order valence-corrected chi connectivity index (χ1v) is 5.27. The molecule has 0 aromatic heterocycles. The molecule has 1 aromatic rings. The fraction of sp³-hybridized carbons (Fsp3) is 0.333. The average Bonchev–Trinajstić information content (AvgIpc) is 2.37. The number of aliphatic hydroxyl groups is 2. The third-order valence-corrected chi connectivity index (χ3v) is 2.53. The molecular formula is C12H15NO5. The topological polar surface area (TPSA) is 110 Å². The van der Waals surface area contributed by atoms with E-state index in [1.807, 2.05) is 0 Å². The van der Waals surface area contributed by atoms with Crippen molar-refractivity contribution in [3.8, 4) is 0 Å². The molecule has 1 rings (SSSR count). The van der Waals surface area contributed by atoms with E-state index < -0.39 is 24.1 Å². The number of methoxy groups -OCH3 is 1. The number of nitrogens with two attached hydrogens (primary N) is 1. The minimum Gasteiger partial charge on any atom is -0.469 e. The lowest BCUT2D eigenvalue weighted by Crippen LogP contribution is -2.34. The Bertz CT molecular complexity index is 446. The maximum atomic E-state index is 11.2. The molecule has 1 amide bonds. The number of hydrogen-bond donors (Lipinski definition) is 3. The molecule has 0 aliphatic heterocycles. The van der Waals surface area contributed by atoms with E-state index in [0.717, 1.165) is 0 Å². The van der Waals surface area contributed by atoms with Gasteiger partial charge >= 0.3 is 5.97 Å². The fourth-order valence-electron chi connectivity index (χ4n) is 1.54. The minimum atomic E-state index is -1.72. The highest BCUT2D eigenvalue weighted by atomic mass is 16.5. The number of aliphatic hydroxyl groups excluding tert-OH is 2. The molecule has 0 heterocycles. The molecule has 2 unspecified atom stereocenters. The van der Waals surface area contributed by atoms with Crippen LogP contribution in [0.15, 0.2) is 24.3 Å². The van der Waals surface area contributed by atoms with Crippen LogP contribution in [-0.2, 0) is 20.7 Å². The summed E-state index contributed by atoms with van der Waals surface area (Å²) in [5.41, 5.74) is 5.65. The summed E-state index contributed by atoms with van der Waals surface area (Å²) in [7, 11) is 1.25. The van der Waals surface area contributed by atoms with Crippen LogP contribution < -0.4 is 5.73 Å². The summed E-state index contributed by atoms with van der Waals surface area (Å²) in [6.07, 6.45) is -3.25. The second-order valence-electron chi connectivity index (χ2n) is 3.74. The molecule has 0 bridgehead atoms.